The highest BCUT2D eigenvalue weighted by Crippen LogP contribution is 2.22. The molecule has 11 heteroatoms. The van der Waals surface area contributed by atoms with Crippen LogP contribution in [0, 0.1) is 0 Å². The fraction of sp³-hybridized carbons (Fsp3) is 0.333. The first-order chi connectivity index (χ1) is 19.7. The molecule has 1 aliphatic rings. The number of hydrogen-bond donors (Lipinski definition) is 6. The lowest BCUT2D eigenvalue weighted by molar-refractivity contribution is -0.143. The Morgan fingerprint density at radius 3 is 2.05 bits per heavy atom. The first kappa shape index (κ1) is 27.9. The molecule has 214 valence electrons. The van der Waals surface area contributed by atoms with Crippen molar-refractivity contribution in [3.05, 3.63) is 72.1 Å². The summed E-state index contributed by atoms with van der Waals surface area (Å²) in [4.78, 5) is 59.8. The number of aromatic nitrogens is 2. The number of likely N-dealkylation sites (tertiary alicyclic amines) is 1. The molecule has 2 aromatic heterocycles. The van der Waals surface area contributed by atoms with Gasteiger partial charge in [-0.3, -0.25) is 14.4 Å². The molecular formula is C30H34N6O5. The predicted octanol–water partition coefficient (Wildman–Crippen LogP) is 1.83. The van der Waals surface area contributed by atoms with E-state index in [1.54, 1.807) is 19.3 Å². The lowest BCUT2D eigenvalue weighted by Crippen LogP contribution is -2.57. The minimum Gasteiger partial charge on any atom is -0.480 e. The van der Waals surface area contributed by atoms with Crippen molar-refractivity contribution in [2.45, 2.75) is 56.8 Å². The fourth-order valence-electron chi connectivity index (χ4n) is 5.56. The molecular weight excluding hydrogens is 524 g/mol. The lowest BCUT2D eigenvalue weighted by Gasteiger charge is -2.28. The molecule has 4 unspecified atom stereocenters. The fourth-order valence-corrected chi connectivity index (χ4v) is 5.56. The second kappa shape index (κ2) is 11.8. The highest BCUT2D eigenvalue weighted by molar-refractivity contribution is 5.95. The maximum Gasteiger partial charge on any atom is 0.326 e. The number of para-hydroxylation sites is 2. The van der Waals surface area contributed by atoms with E-state index in [2.05, 4.69) is 20.6 Å². The number of carboxylic acids is 1. The molecule has 41 heavy (non-hydrogen) atoms. The molecule has 0 aliphatic carbocycles. The molecule has 4 atom stereocenters. The van der Waals surface area contributed by atoms with Gasteiger partial charge in [-0.1, -0.05) is 36.4 Å². The van der Waals surface area contributed by atoms with Crippen LogP contribution in [0.3, 0.4) is 0 Å². The number of amides is 3. The number of benzene rings is 2. The van der Waals surface area contributed by atoms with Gasteiger partial charge in [0.05, 0.1) is 6.04 Å². The minimum atomic E-state index is -1.23. The Balaban J connectivity index is 1.39. The van der Waals surface area contributed by atoms with E-state index in [0.717, 1.165) is 32.9 Å². The Morgan fingerprint density at radius 1 is 0.927 bits per heavy atom. The van der Waals surface area contributed by atoms with Crippen molar-refractivity contribution in [1.29, 1.82) is 0 Å². The highest BCUT2D eigenvalue weighted by atomic mass is 16.4. The van der Waals surface area contributed by atoms with Crippen molar-refractivity contribution >= 4 is 45.5 Å². The molecule has 2 aromatic carbocycles. The molecule has 1 saturated heterocycles. The Morgan fingerprint density at radius 2 is 1.49 bits per heavy atom. The van der Waals surface area contributed by atoms with Crippen LogP contribution >= 0.6 is 0 Å². The standard InChI is InChI=1S/C30H34N6O5/c1-17(31)29(39)36-12-6-11-26(36)28(38)34-24(13-18-15-32-22-9-4-2-7-20(18)22)27(37)35-25(30(40)41)14-19-16-33-23-10-5-3-8-21(19)23/h2-5,7-10,15-17,24-26,32-33H,6,11-14,31H2,1H3,(H,34,38)(H,35,37)(H,40,41). The molecule has 0 bridgehead atoms. The van der Waals surface area contributed by atoms with Gasteiger partial charge < -0.3 is 36.3 Å². The van der Waals surface area contributed by atoms with E-state index >= 15 is 0 Å². The van der Waals surface area contributed by atoms with Gasteiger partial charge in [0.15, 0.2) is 0 Å². The van der Waals surface area contributed by atoms with Crippen molar-refractivity contribution in [3.63, 3.8) is 0 Å². The van der Waals surface area contributed by atoms with Crippen molar-refractivity contribution in [1.82, 2.24) is 25.5 Å². The zero-order chi connectivity index (χ0) is 29.1. The summed E-state index contributed by atoms with van der Waals surface area (Å²) in [5, 5.41) is 17.2. The van der Waals surface area contributed by atoms with Gasteiger partial charge >= 0.3 is 5.97 Å². The van der Waals surface area contributed by atoms with Crippen LogP contribution < -0.4 is 16.4 Å². The topological polar surface area (TPSA) is 173 Å². The SMILES string of the molecule is CC(N)C(=O)N1CCCC1C(=O)NC(Cc1c[nH]c2ccccc12)C(=O)NC(Cc1c[nH]c2ccccc12)C(=O)O. The number of aliphatic carboxylic acids is 1. The number of rotatable bonds is 10. The average Bonchev–Trinajstić information content (AvgIpc) is 3.71. The molecule has 1 fully saturated rings. The van der Waals surface area contributed by atoms with Crippen LogP contribution in [-0.2, 0) is 32.0 Å². The number of H-pyrrole nitrogens is 2. The molecule has 7 N–H and O–H groups in total. The number of nitrogens with zero attached hydrogens (tertiary/aromatic N) is 1. The summed E-state index contributed by atoms with van der Waals surface area (Å²) in [6.45, 7) is 1.98. The number of hydrogen-bond acceptors (Lipinski definition) is 5. The van der Waals surface area contributed by atoms with E-state index in [9.17, 15) is 24.3 Å². The van der Waals surface area contributed by atoms with Gasteiger partial charge in [0, 0.05) is 53.6 Å². The van der Waals surface area contributed by atoms with Gasteiger partial charge in [-0.2, -0.15) is 0 Å². The molecule has 0 radical (unpaired) electrons. The number of fused-ring (bicyclic) bond motifs is 2. The molecule has 11 nitrogen and oxygen atoms in total. The molecule has 4 aromatic rings. The van der Waals surface area contributed by atoms with Gasteiger partial charge in [0.1, 0.15) is 18.1 Å². The second-order valence-electron chi connectivity index (χ2n) is 10.6. The number of aromatic amines is 2. The summed E-state index contributed by atoms with van der Waals surface area (Å²) in [5.74, 6) is -2.62. The third kappa shape index (κ3) is 5.94. The van der Waals surface area contributed by atoms with E-state index in [-0.39, 0.29) is 18.7 Å². The number of carbonyl (C=O) groups is 4. The van der Waals surface area contributed by atoms with Gasteiger partial charge in [0.25, 0.3) is 0 Å². The Hall–Kier alpha value is -4.64. The first-order valence-electron chi connectivity index (χ1n) is 13.7. The molecule has 1 aliphatic heterocycles. The van der Waals surface area contributed by atoms with Crippen LogP contribution in [-0.4, -0.2) is 74.4 Å². The third-order valence-electron chi connectivity index (χ3n) is 7.67. The maximum absolute atomic E-state index is 13.7. The van der Waals surface area contributed by atoms with Crippen LogP contribution in [0.5, 0.6) is 0 Å². The van der Waals surface area contributed by atoms with Gasteiger partial charge in [-0.25, -0.2) is 4.79 Å². The van der Waals surface area contributed by atoms with Crippen molar-refractivity contribution in [2.75, 3.05) is 6.54 Å². The van der Waals surface area contributed by atoms with Gasteiger partial charge in [0.2, 0.25) is 17.7 Å². The summed E-state index contributed by atoms with van der Waals surface area (Å²) in [7, 11) is 0. The second-order valence-corrected chi connectivity index (χ2v) is 10.6. The van der Waals surface area contributed by atoms with E-state index in [4.69, 9.17) is 5.73 Å². The van der Waals surface area contributed by atoms with Crippen LogP contribution in [0.1, 0.15) is 30.9 Å². The number of carboxylic acid groups (broad SMARTS) is 1. The quantitative estimate of drug-likeness (QED) is 0.173. The Kier molecular flexibility index (Phi) is 8.06. The summed E-state index contributed by atoms with van der Waals surface area (Å²) in [6, 6.07) is 11.3. The highest BCUT2D eigenvalue weighted by Gasteiger charge is 2.37. The largest absolute Gasteiger partial charge is 0.480 e. The zero-order valence-corrected chi connectivity index (χ0v) is 22.7. The van der Waals surface area contributed by atoms with Gasteiger partial charge in [-0.05, 0) is 43.0 Å². The van der Waals surface area contributed by atoms with Crippen LogP contribution in [0.25, 0.3) is 21.8 Å². The summed E-state index contributed by atoms with van der Waals surface area (Å²) in [6.07, 6.45) is 4.78. The van der Waals surface area contributed by atoms with Crippen LogP contribution in [0.15, 0.2) is 60.9 Å². The predicted molar refractivity (Wildman–Crippen MR) is 154 cm³/mol. The summed E-state index contributed by atoms with van der Waals surface area (Å²) >= 11 is 0. The monoisotopic (exact) mass is 558 g/mol. The number of nitrogens with two attached hydrogens (primary N) is 1. The molecule has 5 rings (SSSR count). The normalized spacial score (nSPS) is 17.3. The maximum atomic E-state index is 13.7. The first-order valence-corrected chi connectivity index (χ1v) is 13.7. The zero-order valence-electron chi connectivity index (χ0n) is 22.7. The third-order valence-corrected chi connectivity index (χ3v) is 7.67. The number of carbonyl (C=O) groups excluding carboxylic acids is 3. The number of nitrogens with one attached hydrogen (secondary N) is 4. The smallest absolute Gasteiger partial charge is 0.326 e. The van der Waals surface area contributed by atoms with Crippen LogP contribution in [0.4, 0.5) is 0 Å². The summed E-state index contributed by atoms with van der Waals surface area (Å²) < 4.78 is 0. The minimum absolute atomic E-state index is 0.0537. The Labute approximate surface area is 236 Å². The molecule has 3 amide bonds. The van der Waals surface area contributed by atoms with E-state index in [1.165, 1.54) is 4.90 Å². The molecule has 3 heterocycles. The van der Waals surface area contributed by atoms with Gasteiger partial charge in [-0.15, -0.1) is 0 Å². The molecule has 0 saturated carbocycles. The lowest BCUT2D eigenvalue weighted by atomic mass is 10.0. The van der Waals surface area contributed by atoms with E-state index in [0.29, 0.717) is 19.4 Å². The molecule has 0 spiro atoms. The van der Waals surface area contributed by atoms with Crippen LogP contribution in [0.2, 0.25) is 0 Å². The van der Waals surface area contributed by atoms with E-state index in [1.807, 2.05) is 48.5 Å². The van der Waals surface area contributed by atoms with E-state index < -0.39 is 42.0 Å². The van der Waals surface area contributed by atoms with Crippen molar-refractivity contribution in [2.24, 2.45) is 5.73 Å². The van der Waals surface area contributed by atoms with Crippen molar-refractivity contribution < 1.29 is 24.3 Å². The average molecular weight is 559 g/mol. The Bertz CT molecular complexity index is 1590. The van der Waals surface area contributed by atoms with Crippen molar-refractivity contribution in [3.8, 4) is 0 Å². The summed E-state index contributed by atoms with van der Waals surface area (Å²) in [5.41, 5.74) is 9.08.